The van der Waals surface area contributed by atoms with E-state index in [1.807, 2.05) is 37.3 Å². The number of pyridine rings is 1. The van der Waals surface area contributed by atoms with Crippen LogP contribution in [0.5, 0.6) is 0 Å². The maximum Gasteiger partial charge on any atom is 0.141 e. The van der Waals surface area contributed by atoms with Gasteiger partial charge in [0.15, 0.2) is 0 Å². The predicted octanol–water partition coefficient (Wildman–Crippen LogP) is 2.99. The molecule has 3 N–H and O–H groups in total. The Morgan fingerprint density at radius 2 is 2.05 bits per heavy atom. The van der Waals surface area contributed by atoms with Gasteiger partial charge in [-0.2, -0.15) is 5.26 Å². The first-order valence-corrected chi connectivity index (χ1v) is 5.94. The molecule has 0 fully saturated rings. The molecule has 0 aliphatic heterocycles. The third kappa shape index (κ3) is 1.64. The number of anilines is 1. The Balaban J connectivity index is 2.41. The number of aromatic nitrogens is 2. The highest BCUT2D eigenvalue weighted by Crippen LogP contribution is 2.34. The molecule has 0 aliphatic rings. The third-order valence-electron chi connectivity index (χ3n) is 3.26. The number of nitrogen functional groups attached to an aromatic ring is 1. The van der Waals surface area contributed by atoms with Gasteiger partial charge in [0.2, 0.25) is 0 Å². The second-order valence-electron chi connectivity index (χ2n) is 4.40. The number of hydrogen-bond donors (Lipinski definition) is 2. The molecule has 4 heteroatoms. The molecule has 0 bridgehead atoms. The van der Waals surface area contributed by atoms with Gasteiger partial charge in [0, 0.05) is 33.9 Å². The molecule has 0 aliphatic carbocycles. The van der Waals surface area contributed by atoms with Crippen LogP contribution in [0, 0.1) is 18.3 Å². The average Bonchev–Trinajstić information content (AvgIpc) is 2.74. The number of aryl methyl sites for hydroxylation is 1. The third-order valence-corrected chi connectivity index (χ3v) is 3.26. The molecule has 0 radical (unpaired) electrons. The summed E-state index contributed by atoms with van der Waals surface area (Å²) in [6.45, 7) is 1.99. The summed E-state index contributed by atoms with van der Waals surface area (Å²) in [6.07, 6.45) is 1.63. The summed E-state index contributed by atoms with van der Waals surface area (Å²) >= 11 is 0. The molecule has 19 heavy (non-hydrogen) atoms. The Labute approximate surface area is 110 Å². The number of nitrogens with zero attached hydrogens (tertiary/aromatic N) is 2. The number of nitrogens with one attached hydrogen (secondary N) is 1. The molecule has 3 rings (SSSR count). The van der Waals surface area contributed by atoms with Crippen molar-refractivity contribution < 1.29 is 0 Å². The van der Waals surface area contributed by atoms with Crippen LogP contribution in [0.15, 0.2) is 36.5 Å². The van der Waals surface area contributed by atoms with Gasteiger partial charge >= 0.3 is 0 Å². The first-order chi connectivity index (χ1) is 9.22. The molecule has 0 unspecified atom stereocenters. The Kier molecular flexibility index (Phi) is 2.46. The molecular weight excluding hydrogens is 236 g/mol. The summed E-state index contributed by atoms with van der Waals surface area (Å²) in [4.78, 5) is 7.30. The highest BCUT2D eigenvalue weighted by molar-refractivity contribution is 5.99. The number of rotatable bonds is 1. The van der Waals surface area contributed by atoms with Crippen LogP contribution in [-0.4, -0.2) is 9.97 Å². The maximum atomic E-state index is 9.28. The van der Waals surface area contributed by atoms with Crippen LogP contribution >= 0.6 is 0 Å². The lowest BCUT2D eigenvalue weighted by atomic mass is 9.99. The molecule has 0 saturated heterocycles. The first-order valence-electron chi connectivity index (χ1n) is 5.94. The minimum atomic E-state index is 0.268. The van der Waals surface area contributed by atoms with Crippen molar-refractivity contribution in [2.24, 2.45) is 0 Å². The highest BCUT2D eigenvalue weighted by Gasteiger charge is 2.15. The standard InChI is InChI=1S/C15H12N4/c1-9-14(11-4-2-3-5-13(11)19-9)10-6-7-18-15(17)12(10)8-16/h2-7,19H,1H3,(H2,17,18). The largest absolute Gasteiger partial charge is 0.383 e. The van der Waals surface area contributed by atoms with Crippen molar-refractivity contribution in [2.45, 2.75) is 6.92 Å². The smallest absolute Gasteiger partial charge is 0.141 e. The van der Waals surface area contributed by atoms with Crippen molar-refractivity contribution in [3.63, 3.8) is 0 Å². The number of aromatic amines is 1. The number of para-hydroxylation sites is 1. The van der Waals surface area contributed by atoms with Gasteiger partial charge in [-0.05, 0) is 19.1 Å². The van der Waals surface area contributed by atoms with E-state index in [1.165, 1.54) is 0 Å². The zero-order valence-corrected chi connectivity index (χ0v) is 10.4. The lowest BCUT2D eigenvalue weighted by molar-refractivity contribution is 1.28. The van der Waals surface area contributed by atoms with E-state index < -0.39 is 0 Å². The number of nitrogens with two attached hydrogens (primary N) is 1. The molecule has 2 aromatic heterocycles. The lowest BCUT2D eigenvalue weighted by Crippen LogP contribution is -1.96. The Morgan fingerprint density at radius 3 is 2.84 bits per heavy atom. The Bertz CT molecular complexity index is 809. The van der Waals surface area contributed by atoms with Crippen LogP contribution in [0.1, 0.15) is 11.3 Å². The SMILES string of the molecule is Cc1[nH]c2ccccc2c1-c1ccnc(N)c1C#N. The van der Waals surface area contributed by atoms with Crippen LogP contribution < -0.4 is 5.73 Å². The molecule has 0 spiro atoms. The van der Waals surface area contributed by atoms with Crippen molar-refractivity contribution in [1.29, 1.82) is 5.26 Å². The fourth-order valence-corrected chi connectivity index (χ4v) is 2.43. The molecule has 0 atom stereocenters. The van der Waals surface area contributed by atoms with Crippen LogP contribution in [-0.2, 0) is 0 Å². The van der Waals surface area contributed by atoms with E-state index in [0.29, 0.717) is 5.56 Å². The van der Waals surface area contributed by atoms with E-state index in [-0.39, 0.29) is 5.82 Å². The van der Waals surface area contributed by atoms with E-state index in [9.17, 15) is 5.26 Å². The fourth-order valence-electron chi connectivity index (χ4n) is 2.43. The Morgan fingerprint density at radius 1 is 1.26 bits per heavy atom. The highest BCUT2D eigenvalue weighted by atomic mass is 14.8. The van der Waals surface area contributed by atoms with Crippen molar-refractivity contribution in [1.82, 2.24) is 9.97 Å². The van der Waals surface area contributed by atoms with Crippen LogP contribution in [0.3, 0.4) is 0 Å². The summed E-state index contributed by atoms with van der Waals surface area (Å²) in [5, 5.41) is 10.4. The second-order valence-corrected chi connectivity index (χ2v) is 4.40. The number of fused-ring (bicyclic) bond motifs is 1. The predicted molar refractivity (Wildman–Crippen MR) is 75.4 cm³/mol. The molecule has 3 aromatic rings. The van der Waals surface area contributed by atoms with Crippen LogP contribution in [0.25, 0.3) is 22.0 Å². The zero-order valence-electron chi connectivity index (χ0n) is 10.4. The summed E-state index contributed by atoms with van der Waals surface area (Å²) in [5.74, 6) is 0.268. The van der Waals surface area contributed by atoms with Crippen LogP contribution in [0.2, 0.25) is 0 Å². The summed E-state index contributed by atoms with van der Waals surface area (Å²) in [7, 11) is 0. The number of nitriles is 1. The van der Waals surface area contributed by atoms with Gasteiger partial charge in [0.05, 0.1) is 0 Å². The Hall–Kier alpha value is -2.80. The van der Waals surface area contributed by atoms with Gasteiger partial charge < -0.3 is 10.7 Å². The minimum absolute atomic E-state index is 0.268. The molecule has 0 amide bonds. The summed E-state index contributed by atoms with van der Waals surface area (Å²) in [5.41, 5.74) is 10.1. The molecule has 0 saturated carbocycles. The van der Waals surface area contributed by atoms with Gasteiger partial charge in [-0.25, -0.2) is 4.98 Å². The van der Waals surface area contributed by atoms with Gasteiger partial charge in [-0.1, -0.05) is 18.2 Å². The summed E-state index contributed by atoms with van der Waals surface area (Å²) < 4.78 is 0. The number of H-pyrrole nitrogens is 1. The van der Waals surface area contributed by atoms with Crippen LogP contribution in [0.4, 0.5) is 5.82 Å². The van der Waals surface area contributed by atoms with E-state index >= 15 is 0 Å². The van der Waals surface area contributed by atoms with Gasteiger partial charge in [0.1, 0.15) is 17.5 Å². The molecule has 92 valence electrons. The van der Waals surface area contributed by atoms with E-state index in [4.69, 9.17) is 5.73 Å². The molecule has 4 nitrogen and oxygen atoms in total. The zero-order chi connectivity index (χ0) is 13.4. The topological polar surface area (TPSA) is 78.5 Å². The quantitative estimate of drug-likeness (QED) is 0.694. The maximum absolute atomic E-state index is 9.28. The normalized spacial score (nSPS) is 10.5. The molecule has 1 aromatic carbocycles. The number of benzene rings is 1. The second kappa shape index (κ2) is 4.14. The molecular formula is C15H12N4. The monoisotopic (exact) mass is 248 g/mol. The van der Waals surface area contributed by atoms with Crippen molar-refractivity contribution >= 4 is 16.7 Å². The van der Waals surface area contributed by atoms with Crippen molar-refractivity contribution in [3.8, 4) is 17.2 Å². The van der Waals surface area contributed by atoms with E-state index in [1.54, 1.807) is 6.20 Å². The summed E-state index contributed by atoms with van der Waals surface area (Å²) in [6, 6.07) is 12.0. The lowest BCUT2D eigenvalue weighted by Gasteiger charge is -2.06. The molecule has 2 heterocycles. The average molecular weight is 248 g/mol. The van der Waals surface area contributed by atoms with Gasteiger partial charge in [-0.3, -0.25) is 0 Å². The van der Waals surface area contributed by atoms with E-state index in [2.05, 4.69) is 16.0 Å². The van der Waals surface area contributed by atoms with Crippen molar-refractivity contribution in [2.75, 3.05) is 5.73 Å². The first kappa shape index (κ1) is 11.3. The van der Waals surface area contributed by atoms with Gasteiger partial charge in [-0.15, -0.1) is 0 Å². The minimum Gasteiger partial charge on any atom is -0.383 e. The van der Waals surface area contributed by atoms with E-state index in [0.717, 1.165) is 27.7 Å². The number of hydrogen-bond acceptors (Lipinski definition) is 3. The van der Waals surface area contributed by atoms with Gasteiger partial charge in [0.25, 0.3) is 0 Å². The van der Waals surface area contributed by atoms with Crippen molar-refractivity contribution in [3.05, 3.63) is 47.8 Å². The fraction of sp³-hybridized carbons (Fsp3) is 0.0667.